The minimum atomic E-state index is -0.980. The number of benzene rings is 1. The van der Waals surface area contributed by atoms with Gasteiger partial charge in [0.15, 0.2) is 0 Å². The lowest BCUT2D eigenvalue weighted by atomic mass is 10.1. The highest BCUT2D eigenvalue weighted by atomic mass is 35.5. The molecule has 1 aromatic carbocycles. The van der Waals surface area contributed by atoms with Gasteiger partial charge in [-0.3, -0.25) is 0 Å². The smallest absolute Gasteiger partial charge is 0.126 e. The molecule has 1 unspecified atom stereocenters. The molecule has 0 amide bonds. The molecule has 0 saturated carbocycles. The predicted octanol–water partition coefficient (Wildman–Crippen LogP) is 1.07. The minimum absolute atomic E-state index is 0. The number of aliphatic hydroxyl groups is 1. The molecule has 0 radical (unpaired) electrons. The lowest BCUT2D eigenvalue weighted by Crippen LogP contribution is -2.21. The highest BCUT2D eigenvalue weighted by Gasteiger charge is 2.03. The lowest BCUT2D eigenvalue weighted by molar-refractivity contribution is 0.181. The Morgan fingerprint density at radius 3 is 2.50 bits per heavy atom. The normalized spacial score (nSPS) is 11.9. The summed E-state index contributed by atoms with van der Waals surface area (Å²) in [6, 6.07) is 6.26. The molecule has 3 N–H and O–H groups in total. The van der Waals surface area contributed by atoms with Gasteiger partial charge >= 0.3 is 0 Å². The Hall–Kier alpha value is -0.640. The zero-order valence-electron chi connectivity index (χ0n) is 6.40. The van der Waals surface area contributed by atoms with E-state index in [4.69, 9.17) is 10.8 Å². The van der Waals surface area contributed by atoms with Gasteiger partial charge in [0.1, 0.15) is 12.0 Å². The zero-order valence-corrected chi connectivity index (χ0v) is 7.22. The topological polar surface area (TPSA) is 46.2 Å². The zero-order chi connectivity index (χ0) is 8.27. The minimum Gasteiger partial charge on any atom is -0.378 e. The predicted molar refractivity (Wildman–Crippen MR) is 47.5 cm³/mol. The van der Waals surface area contributed by atoms with Crippen LogP contribution in [-0.2, 0) is 6.42 Å². The van der Waals surface area contributed by atoms with Gasteiger partial charge in [0, 0.05) is 6.42 Å². The Bertz CT molecular complexity index is 242. The van der Waals surface area contributed by atoms with Gasteiger partial charge in [-0.25, -0.2) is 4.39 Å². The van der Waals surface area contributed by atoms with E-state index in [1.54, 1.807) is 18.2 Å². The number of rotatable bonds is 2. The molecule has 1 rings (SSSR count). The van der Waals surface area contributed by atoms with E-state index in [1.807, 2.05) is 0 Å². The van der Waals surface area contributed by atoms with E-state index in [1.165, 1.54) is 6.07 Å². The second-order valence-corrected chi connectivity index (χ2v) is 2.36. The fraction of sp³-hybridized carbons (Fsp3) is 0.250. The number of hydrogen-bond acceptors (Lipinski definition) is 2. The molecule has 0 spiro atoms. The molecular formula is C8H11ClFNO. The van der Waals surface area contributed by atoms with E-state index in [0.717, 1.165) is 0 Å². The van der Waals surface area contributed by atoms with E-state index in [0.29, 0.717) is 5.56 Å². The lowest BCUT2D eigenvalue weighted by Gasteiger charge is -2.04. The first-order chi connectivity index (χ1) is 5.20. The molecule has 0 aliphatic heterocycles. The van der Waals surface area contributed by atoms with Crippen LogP contribution in [0.5, 0.6) is 0 Å². The van der Waals surface area contributed by atoms with Crippen molar-refractivity contribution in [1.82, 2.24) is 0 Å². The van der Waals surface area contributed by atoms with Crippen LogP contribution in [0.3, 0.4) is 0 Å². The molecule has 68 valence electrons. The molecule has 0 saturated heterocycles. The fourth-order valence-corrected chi connectivity index (χ4v) is 0.889. The standard InChI is InChI=1S/C8H10FNO.ClH/c9-7-4-2-1-3-6(7)5-8(10)11;/h1-4,8,11H,5,10H2;1H. The van der Waals surface area contributed by atoms with Gasteiger partial charge in [-0.15, -0.1) is 12.4 Å². The van der Waals surface area contributed by atoms with Crippen LogP contribution in [0, 0.1) is 5.82 Å². The van der Waals surface area contributed by atoms with Crippen LogP contribution in [0.1, 0.15) is 5.56 Å². The van der Waals surface area contributed by atoms with Gasteiger partial charge in [-0.05, 0) is 11.6 Å². The van der Waals surface area contributed by atoms with Crippen molar-refractivity contribution in [3.05, 3.63) is 35.6 Å². The van der Waals surface area contributed by atoms with E-state index in [2.05, 4.69) is 0 Å². The molecule has 0 heterocycles. The maximum Gasteiger partial charge on any atom is 0.126 e. The molecule has 12 heavy (non-hydrogen) atoms. The number of aliphatic hydroxyl groups excluding tert-OH is 1. The maximum absolute atomic E-state index is 12.8. The first kappa shape index (κ1) is 11.4. The third kappa shape index (κ3) is 3.17. The molecule has 0 bridgehead atoms. The van der Waals surface area contributed by atoms with E-state index in [-0.39, 0.29) is 24.6 Å². The van der Waals surface area contributed by atoms with Gasteiger partial charge in [0.2, 0.25) is 0 Å². The van der Waals surface area contributed by atoms with Crippen LogP contribution >= 0.6 is 12.4 Å². The summed E-state index contributed by atoms with van der Waals surface area (Å²) in [5.74, 6) is -0.322. The quantitative estimate of drug-likeness (QED) is 0.687. The van der Waals surface area contributed by atoms with Crippen LogP contribution in [-0.4, -0.2) is 11.3 Å². The Balaban J connectivity index is 0.00000121. The Kier molecular flexibility index (Phi) is 4.81. The number of halogens is 2. The fourth-order valence-electron chi connectivity index (χ4n) is 0.889. The van der Waals surface area contributed by atoms with Crippen molar-refractivity contribution in [3.8, 4) is 0 Å². The average Bonchev–Trinajstić information content (AvgIpc) is 1.93. The van der Waals surface area contributed by atoms with Crippen molar-refractivity contribution in [2.75, 3.05) is 0 Å². The van der Waals surface area contributed by atoms with Gasteiger partial charge in [-0.1, -0.05) is 18.2 Å². The summed E-state index contributed by atoms with van der Waals surface area (Å²) in [6.45, 7) is 0. The van der Waals surface area contributed by atoms with Crippen LogP contribution in [0.4, 0.5) is 4.39 Å². The summed E-state index contributed by atoms with van der Waals surface area (Å²) >= 11 is 0. The summed E-state index contributed by atoms with van der Waals surface area (Å²) in [5, 5.41) is 8.74. The summed E-state index contributed by atoms with van der Waals surface area (Å²) in [6.07, 6.45) is -0.820. The number of hydrogen-bond donors (Lipinski definition) is 2. The molecule has 2 nitrogen and oxygen atoms in total. The van der Waals surface area contributed by atoms with Crippen molar-refractivity contribution >= 4 is 12.4 Å². The van der Waals surface area contributed by atoms with Crippen LogP contribution < -0.4 is 5.73 Å². The molecule has 0 fully saturated rings. The molecule has 0 aliphatic carbocycles. The molecular weight excluding hydrogens is 181 g/mol. The third-order valence-corrected chi connectivity index (χ3v) is 1.39. The van der Waals surface area contributed by atoms with Crippen molar-refractivity contribution < 1.29 is 9.50 Å². The summed E-state index contributed by atoms with van der Waals surface area (Å²) < 4.78 is 12.8. The van der Waals surface area contributed by atoms with Crippen molar-refractivity contribution in [2.24, 2.45) is 5.73 Å². The van der Waals surface area contributed by atoms with E-state index in [9.17, 15) is 4.39 Å². The Labute approximate surface area is 76.6 Å². The molecule has 0 aliphatic rings. The molecule has 0 aromatic heterocycles. The largest absolute Gasteiger partial charge is 0.378 e. The SMILES string of the molecule is Cl.NC(O)Cc1ccccc1F. The Morgan fingerprint density at radius 1 is 1.42 bits per heavy atom. The van der Waals surface area contributed by atoms with Gasteiger partial charge < -0.3 is 10.8 Å². The van der Waals surface area contributed by atoms with E-state index < -0.39 is 6.23 Å². The highest BCUT2D eigenvalue weighted by molar-refractivity contribution is 5.85. The van der Waals surface area contributed by atoms with Gasteiger partial charge in [0.05, 0.1) is 0 Å². The third-order valence-electron chi connectivity index (χ3n) is 1.39. The summed E-state index contributed by atoms with van der Waals surface area (Å²) in [7, 11) is 0. The second-order valence-electron chi connectivity index (χ2n) is 2.36. The van der Waals surface area contributed by atoms with Gasteiger partial charge in [0.25, 0.3) is 0 Å². The second kappa shape index (κ2) is 5.09. The highest BCUT2D eigenvalue weighted by Crippen LogP contribution is 2.07. The summed E-state index contributed by atoms with van der Waals surface area (Å²) in [4.78, 5) is 0. The van der Waals surface area contributed by atoms with E-state index >= 15 is 0 Å². The number of nitrogens with two attached hydrogens (primary N) is 1. The van der Waals surface area contributed by atoms with Gasteiger partial charge in [-0.2, -0.15) is 0 Å². The van der Waals surface area contributed by atoms with Crippen molar-refractivity contribution in [1.29, 1.82) is 0 Å². The summed E-state index contributed by atoms with van der Waals surface area (Å²) in [5.41, 5.74) is 5.53. The first-order valence-electron chi connectivity index (χ1n) is 3.37. The van der Waals surface area contributed by atoms with Crippen molar-refractivity contribution in [2.45, 2.75) is 12.6 Å². The van der Waals surface area contributed by atoms with Crippen LogP contribution in [0.15, 0.2) is 24.3 Å². The maximum atomic E-state index is 12.8. The Morgan fingerprint density at radius 2 is 2.00 bits per heavy atom. The average molecular weight is 192 g/mol. The van der Waals surface area contributed by atoms with Crippen LogP contribution in [0.25, 0.3) is 0 Å². The van der Waals surface area contributed by atoms with Crippen LogP contribution in [0.2, 0.25) is 0 Å². The van der Waals surface area contributed by atoms with Crippen molar-refractivity contribution in [3.63, 3.8) is 0 Å². The monoisotopic (exact) mass is 191 g/mol. The molecule has 1 aromatic rings. The molecule has 1 atom stereocenters. The molecule has 4 heteroatoms. The first-order valence-corrected chi connectivity index (χ1v) is 3.37.